The molecule has 2 rings (SSSR count). The molecule has 17 heavy (non-hydrogen) atoms. The van der Waals surface area contributed by atoms with Gasteiger partial charge >= 0.3 is 0 Å². The van der Waals surface area contributed by atoms with E-state index in [0.29, 0.717) is 5.69 Å². The second kappa shape index (κ2) is 4.59. The van der Waals surface area contributed by atoms with Crippen LogP contribution < -0.4 is 11.1 Å². The van der Waals surface area contributed by atoms with Crippen LogP contribution >= 0.6 is 11.6 Å². The van der Waals surface area contributed by atoms with E-state index in [-0.39, 0.29) is 16.4 Å². The molecule has 0 radical (unpaired) electrons. The van der Waals surface area contributed by atoms with Crippen molar-refractivity contribution in [3.8, 4) is 0 Å². The fourth-order valence-corrected chi connectivity index (χ4v) is 1.57. The average molecular weight is 255 g/mol. The molecule has 0 saturated carbocycles. The van der Waals surface area contributed by atoms with Crippen LogP contribution in [0.3, 0.4) is 0 Å². The Bertz CT molecular complexity index is 558. The molecule has 0 bridgehead atoms. The molecule has 0 spiro atoms. The fourth-order valence-electron chi connectivity index (χ4n) is 1.39. The molecule has 5 heteroatoms. The van der Waals surface area contributed by atoms with Gasteiger partial charge in [-0.2, -0.15) is 0 Å². The molecule has 0 atom stereocenters. The van der Waals surface area contributed by atoms with Crippen LogP contribution in [0.15, 0.2) is 36.4 Å². The Balaban J connectivity index is 2.35. The predicted molar refractivity (Wildman–Crippen MR) is 65.5 cm³/mol. The molecule has 0 heterocycles. The van der Waals surface area contributed by atoms with Crippen molar-refractivity contribution in [2.45, 2.75) is 0 Å². The Morgan fingerprint density at radius 3 is 2.53 bits per heavy atom. The smallest absolute Gasteiger partial charge is 0.165 e. The summed E-state index contributed by atoms with van der Waals surface area (Å²) in [5.41, 5.74) is 6.41. The van der Waals surface area contributed by atoms with Crippen LogP contribution in [0.25, 0.3) is 0 Å². The summed E-state index contributed by atoms with van der Waals surface area (Å²) in [7, 11) is 0. The second-order valence-corrected chi connectivity index (χ2v) is 3.87. The highest BCUT2D eigenvalue weighted by Crippen LogP contribution is 2.28. The van der Waals surface area contributed by atoms with Gasteiger partial charge in [0.05, 0.1) is 22.1 Å². The molecule has 88 valence electrons. The van der Waals surface area contributed by atoms with Gasteiger partial charge in [0.2, 0.25) is 0 Å². The van der Waals surface area contributed by atoms with Crippen molar-refractivity contribution in [3.63, 3.8) is 0 Å². The predicted octanol–water partition coefficient (Wildman–Crippen LogP) is 3.94. The number of hydrogen-bond donors (Lipinski definition) is 2. The minimum Gasteiger partial charge on any atom is -0.397 e. The molecule has 2 aromatic carbocycles. The van der Waals surface area contributed by atoms with Crippen LogP contribution in [0.1, 0.15) is 0 Å². The van der Waals surface area contributed by atoms with E-state index in [4.69, 9.17) is 17.3 Å². The zero-order chi connectivity index (χ0) is 12.4. The molecular weight excluding hydrogens is 246 g/mol. The van der Waals surface area contributed by atoms with E-state index in [0.717, 1.165) is 6.07 Å². The molecule has 0 saturated heterocycles. The lowest BCUT2D eigenvalue weighted by atomic mass is 10.2. The van der Waals surface area contributed by atoms with Crippen LogP contribution in [0, 0.1) is 11.6 Å². The van der Waals surface area contributed by atoms with Gasteiger partial charge in [-0.15, -0.1) is 0 Å². The van der Waals surface area contributed by atoms with Gasteiger partial charge in [0, 0.05) is 0 Å². The number of nitrogen functional groups attached to an aromatic ring is 1. The van der Waals surface area contributed by atoms with Crippen molar-refractivity contribution >= 4 is 28.7 Å². The summed E-state index contributed by atoms with van der Waals surface area (Å²) in [6.45, 7) is 0. The van der Waals surface area contributed by atoms with Crippen molar-refractivity contribution in [1.82, 2.24) is 0 Å². The van der Waals surface area contributed by atoms with E-state index in [2.05, 4.69) is 5.32 Å². The highest BCUT2D eigenvalue weighted by atomic mass is 35.5. The zero-order valence-electron chi connectivity index (χ0n) is 8.68. The first-order chi connectivity index (χ1) is 8.08. The zero-order valence-corrected chi connectivity index (χ0v) is 9.43. The maximum absolute atomic E-state index is 13.6. The van der Waals surface area contributed by atoms with Gasteiger partial charge in [-0.05, 0) is 30.3 Å². The summed E-state index contributed by atoms with van der Waals surface area (Å²) >= 11 is 5.64. The number of nitrogens with two attached hydrogens (primary N) is 1. The lowest BCUT2D eigenvalue weighted by Crippen LogP contribution is -1.99. The van der Waals surface area contributed by atoms with Gasteiger partial charge in [-0.25, -0.2) is 8.78 Å². The molecule has 2 nitrogen and oxygen atoms in total. The van der Waals surface area contributed by atoms with Crippen molar-refractivity contribution in [2.75, 3.05) is 11.1 Å². The lowest BCUT2D eigenvalue weighted by molar-refractivity contribution is 0.628. The van der Waals surface area contributed by atoms with Crippen LogP contribution in [0.5, 0.6) is 0 Å². The quantitative estimate of drug-likeness (QED) is 0.797. The molecule has 0 fully saturated rings. The number of anilines is 3. The van der Waals surface area contributed by atoms with Crippen LogP contribution in [0.2, 0.25) is 5.02 Å². The molecule has 2 aromatic rings. The third-order valence-electron chi connectivity index (χ3n) is 2.23. The highest BCUT2D eigenvalue weighted by molar-refractivity contribution is 6.31. The van der Waals surface area contributed by atoms with E-state index >= 15 is 0 Å². The minimum atomic E-state index is -0.571. The Kier molecular flexibility index (Phi) is 3.15. The van der Waals surface area contributed by atoms with E-state index in [9.17, 15) is 8.78 Å². The van der Waals surface area contributed by atoms with Gasteiger partial charge in [-0.1, -0.05) is 17.7 Å². The minimum absolute atomic E-state index is 0.00989. The first-order valence-electron chi connectivity index (χ1n) is 4.84. The summed E-state index contributed by atoms with van der Waals surface area (Å²) in [6, 6.07) is 8.39. The maximum atomic E-state index is 13.6. The number of nitrogens with one attached hydrogen (secondary N) is 1. The van der Waals surface area contributed by atoms with Crippen LogP contribution in [-0.2, 0) is 0 Å². The molecule has 0 unspecified atom stereocenters. The van der Waals surface area contributed by atoms with Gasteiger partial charge < -0.3 is 11.1 Å². The first-order valence-corrected chi connectivity index (χ1v) is 5.22. The van der Waals surface area contributed by atoms with Gasteiger partial charge in [0.25, 0.3) is 0 Å². The van der Waals surface area contributed by atoms with Gasteiger partial charge in [0.15, 0.2) is 5.82 Å². The lowest BCUT2D eigenvalue weighted by Gasteiger charge is -2.10. The van der Waals surface area contributed by atoms with Gasteiger partial charge in [-0.3, -0.25) is 0 Å². The van der Waals surface area contributed by atoms with Crippen molar-refractivity contribution in [2.24, 2.45) is 0 Å². The monoisotopic (exact) mass is 254 g/mol. The molecule has 0 aliphatic heterocycles. The van der Waals surface area contributed by atoms with Crippen molar-refractivity contribution < 1.29 is 8.78 Å². The van der Waals surface area contributed by atoms with E-state index in [1.807, 2.05) is 0 Å². The second-order valence-electron chi connectivity index (χ2n) is 3.46. The Morgan fingerprint density at radius 2 is 1.82 bits per heavy atom. The van der Waals surface area contributed by atoms with Crippen LogP contribution in [0.4, 0.5) is 25.8 Å². The normalized spacial score (nSPS) is 10.3. The Hall–Kier alpha value is -1.81. The molecule has 0 aromatic heterocycles. The number of benzene rings is 2. The Morgan fingerprint density at radius 1 is 1.06 bits per heavy atom. The standard InChI is InChI=1S/C12H9ClF2N2/c13-8-2-1-3-11(12(8)15)17-10-5-4-7(14)6-9(10)16/h1-6,17H,16H2. The average Bonchev–Trinajstić information content (AvgIpc) is 2.28. The van der Waals surface area contributed by atoms with Crippen LogP contribution in [-0.4, -0.2) is 0 Å². The molecule has 0 amide bonds. The fraction of sp³-hybridized carbons (Fsp3) is 0. The Labute approximate surface area is 102 Å². The molecule has 0 aliphatic rings. The number of hydrogen-bond acceptors (Lipinski definition) is 2. The van der Waals surface area contributed by atoms with E-state index < -0.39 is 11.6 Å². The summed E-state index contributed by atoms with van der Waals surface area (Å²) in [5.74, 6) is -1.02. The van der Waals surface area contributed by atoms with Gasteiger partial charge in [0.1, 0.15) is 5.82 Å². The summed E-state index contributed by atoms with van der Waals surface area (Å²) < 4.78 is 26.4. The van der Waals surface area contributed by atoms with Crippen molar-refractivity contribution in [3.05, 3.63) is 53.1 Å². The third kappa shape index (κ3) is 2.47. The highest BCUT2D eigenvalue weighted by Gasteiger charge is 2.08. The SMILES string of the molecule is Nc1cc(F)ccc1Nc1cccc(Cl)c1F. The molecule has 3 N–H and O–H groups in total. The van der Waals surface area contributed by atoms with E-state index in [1.54, 1.807) is 6.07 Å². The summed E-state index contributed by atoms with van der Waals surface area (Å²) in [5, 5.41) is 2.77. The van der Waals surface area contributed by atoms with E-state index in [1.165, 1.54) is 24.3 Å². The number of rotatable bonds is 2. The maximum Gasteiger partial charge on any atom is 0.165 e. The largest absolute Gasteiger partial charge is 0.397 e. The molecule has 0 aliphatic carbocycles. The first kappa shape index (κ1) is 11.7. The summed E-state index contributed by atoms with van der Waals surface area (Å²) in [6.07, 6.45) is 0. The molecular formula is C12H9ClF2N2. The number of halogens is 3. The third-order valence-corrected chi connectivity index (χ3v) is 2.53. The summed E-state index contributed by atoms with van der Waals surface area (Å²) in [4.78, 5) is 0. The van der Waals surface area contributed by atoms with Crippen molar-refractivity contribution in [1.29, 1.82) is 0 Å². The topological polar surface area (TPSA) is 38.0 Å².